The number of sulfonamides is 1. The van der Waals surface area contributed by atoms with Gasteiger partial charge in [-0.05, 0) is 37.3 Å². The number of imidazole rings is 1. The van der Waals surface area contributed by atoms with Gasteiger partial charge < -0.3 is 10.1 Å². The third kappa shape index (κ3) is 4.36. The van der Waals surface area contributed by atoms with Crippen molar-refractivity contribution in [2.24, 2.45) is 0 Å². The number of ether oxygens (including phenoxy) is 1. The Balaban J connectivity index is 1.46. The van der Waals surface area contributed by atoms with E-state index in [1.165, 1.54) is 28.2 Å². The van der Waals surface area contributed by atoms with Crippen LogP contribution in [-0.4, -0.2) is 59.6 Å². The minimum Gasteiger partial charge on any atom is -0.379 e. The van der Waals surface area contributed by atoms with Crippen molar-refractivity contribution in [3.05, 3.63) is 54.9 Å². The number of nitrogens with one attached hydrogen (secondary N) is 1. The molecule has 30 heavy (non-hydrogen) atoms. The summed E-state index contributed by atoms with van der Waals surface area (Å²) in [6.07, 6.45) is 3.65. The fourth-order valence-electron chi connectivity index (χ4n) is 3.13. The summed E-state index contributed by atoms with van der Waals surface area (Å²) in [6.45, 7) is 3.20. The molecule has 1 aliphatic heterocycles. The number of hydrogen-bond acceptors (Lipinski definition) is 6. The van der Waals surface area contributed by atoms with Crippen molar-refractivity contribution in [2.45, 2.75) is 22.2 Å². The first kappa shape index (κ1) is 20.9. The summed E-state index contributed by atoms with van der Waals surface area (Å²) in [5, 5.41) is 3.11. The van der Waals surface area contributed by atoms with Crippen molar-refractivity contribution in [1.82, 2.24) is 13.7 Å². The molecule has 1 unspecified atom stereocenters. The molecule has 1 N–H and O–H groups in total. The number of thioether (sulfide) groups is 1. The zero-order valence-electron chi connectivity index (χ0n) is 16.4. The summed E-state index contributed by atoms with van der Waals surface area (Å²) in [5.74, 6) is -0.228. The number of anilines is 1. The van der Waals surface area contributed by atoms with E-state index in [-0.39, 0.29) is 10.8 Å². The molecule has 8 nitrogen and oxygen atoms in total. The van der Waals surface area contributed by atoms with Crippen LogP contribution in [0.1, 0.15) is 6.92 Å². The normalized spacial score (nSPS) is 16.4. The number of benzene rings is 1. The third-order valence-electron chi connectivity index (χ3n) is 4.77. The van der Waals surface area contributed by atoms with Gasteiger partial charge in [-0.1, -0.05) is 23.9 Å². The smallest absolute Gasteiger partial charge is 0.243 e. The number of aromatic nitrogens is 2. The van der Waals surface area contributed by atoms with Crippen LogP contribution in [0.25, 0.3) is 5.52 Å². The summed E-state index contributed by atoms with van der Waals surface area (Å²) in [4.78, 5) is 17.2. The van der Waals surface area contributed by atoms with E-state index < -0.39 is 15.3 Å². The van der Waals surface area contributed by atoms with Crippen LogP contribution in [0.5, 0.6) is 0 Å². The number of morpholine rings is 1. The van der Waals surface area contributed by atoms with Crippen molar-refractivity contribution in [1.29, 1.82) is 0 Å². The van der Waals surface area contributed by atoms with Gasteiger partial charge in [-0.15, -0.1) is 0 Å². The van der Waals surface area contributed by atoms with E-state index in [4.69, 9.17) is 4.74 Å². The second-order valence-corrected chi connectivity index (χ2v) is 10.1. The molecule has 1 saturated heterocycles. The van der Waals surface area contributed by atoms with Crippen molar-refractivity contribution < 1.29 is 17.9 Å². The molecule has 1 amide bonds. The number of rotatable bonds is 6. The van der Waals surface area contributed by atoms with E-state index in [1.807, 2.05) is 28.8 Å². The van der Waals surface area contributed by atoms with E-state index in [1.54, 1.807) is 25.3 Å². The molecular weight excluding hydrogens is 424 g/mol. The van der Waals surface area contributed by atoms with Crippen molar-refractivity contribution in [3.63, 3.8) is 0 Å². The lowest BCUT2D eigenvalue weighted by molar-refractivity contribution is -0.115. The van der Waals surface area contributed by atoms with E-state index in [0.717, 1.165) is 10.7 Å². The summed E-state index contributed by atoms with van der Waals surface area (Å²) in [6, 6.07) is 12.1. The monoisotopic (exact) mass is 446 g/mol. The maximum Gasteiger partial charge on any atom is 0.243 e. The predicted octanol–water partition coefficient (Wildman–Crippen LogP) is 2.47. The third-order valence-corrected chi connectivity index (χ3v) is 7.74. The molecule has 0 aliphatic carbocycles. The zero-order valence-corrected chi connectivity index (χ0v) is 18.0. The van der Waals surface area contributed by atoms with Crippen molar-refractivity contribution in [3.8, 4) is 0 Å². The average Bonchev–Trinajstić information content (AvgIpc) is 3.17. The summed E-state index contributed by atoms with van der Waals surface area (Å²) in [5.41, 5.74) is 1.39. The molecule has 2 aromatic heterocycles. The Morgan fingerprint density at radius 3 is 2.80 bits per heavy atom. The van der Waals surface area contributed by atoms with E-state index >= 15 is 0 Å². The standard InChI is InChI=1S/C20H22N4O4S2/c1-15(29-20-21-14-17-6-2-3-8-24(17)20)19(25)22-16-5-4-7-18(13-16)30(26,27)23-9-11-28-12-10-23/h2-8,13-15H,9-12H2,1H3,(H,22,25). The van der Waals surface area contributed by atoms with Crippen molar-refractivity contribution in [2.75, 3.05) is 31.6 Å². The highest BCUT2D eigenvalue weighted by Crippen LogP contribution is 2.25. The van der Waals surface area contributed by atoms with Crippen LogP contribution in [0.3, 0.4) is 0 Å². The number of hydrogen-bond donors (Lipinski definition) is 1. The Hall–Kier alpha value is -2.40. The highest BCUT2D eigenvalue weighted by Gasteiger charge is 2.26. The second kappa shape index (κ2) is 8.76. The molecule has 1 aromatic carbocycles. The number of pyridine rings is 1. The fourth-order valence-corrected chi connectivity index (χ4v) is 5.46. The Kier molecular flexibility index (Phi) is 6.09. The molecule has 3 aromatic rings. The van der Waals surface area contributed by atoms with Gasteiger partial charge in [0.05, 0.1) is 35.1 Å². The molecule has 1 atom stereocenters. The largest absolute Gasteiger partial charge is 0.379 e. The zero-order chi connectivity index (χ0) is 21.1. The van der Waals surface area contributed by atoms with Crippen LogP contribution in [-0.2, 0) is 19.6 Å². The highest BCUT2D eigenvalue weighted by molar-refractivity contribution is 8.00. The van der Waals surface area contributed by atoms with Crippen LogP contribution in [0.2, 0.25) is 0 Å². The van der Waals surface area contributed by atoms with Gasteiger partial charge in [0.25, 0.3) is 0 Å². The molecule has 3 heterocycles. The maximum atomic E-state index is 12.8. The molecule has 0 saturated carbocycles. The molecule has 1 aliphatic rings. The number of carbonyl (C=O) groups excluding carboxylic acids is 1. The Labute approximate surface area is 179 Å². The lowest BCUT2D eigenvalue weighted by atomic mass is 10.3. The van der Waals surface area contributed by atoms with Gasteiger partial charge in [0, 0.05) is 25.0 Å². The van der Waals surface area contributed by atoms with Crippen LogP contribution in [0, 0.1) is 0 Å². The Morgan fingerprint density at radius 2 is 2.00 bits per heavy atom. The molecule has 158 valence electrons. The van der Waals surface area contributed by atoms with Crippen LogP contribution in [0.15, 0.2) is 64.9 Å². The molecular formula is C20H22N4O4S2. The van der Waals surface area contributed by atoms with Crippen molar-refractivity contribution >= 4 is 38.9 Å². The lowest BCUT2D eigenvalue weighted by Gasteiger charge is -2.26. The van der Waals surface area contributed by atoms with E-state index in [9.17, 15) is 13.2 Å². The van der Waals surface area contributed by atoms with E-state index in [0.29, 0.717) is 32.0 Å². The molecule has 0 bridgehead atoms. The van der Waals surface area contributed by atoms with Gasteiger partial charge in [0.15, 0.2) is 5.16 Å². The summed E-state index contributed by atoms with van der Waals surface area (Å²) in [7, 11) is -3.62. The molecule has 0 spiro atoms. The number of fused-ring (bicyclic) bond motifs is 1. The number of nitrogens with zero attached hydrogens (tertiary/aromatic N) is 3. The summed E-state index contributed by atoms with van der Waals surface area (Å²) >= 11 is 1.34. The first-order valence-corrected chi connectivity index (χ1v) is 11.8. The Morgan fingerprint density at radius 1 is 1.20 bits per heavy atom. The first-order chi connectivity index (χ1) is 14.4. The SMILES string of the molecule is CC(Sc1ncc2ccccn12)C(=O)Nc1cccc(S(=O)(=O)N2CCOCC2)c1. The molecule has 10 heteroatoms. The first-order valence-electron chi connectivity index (χ1n) is 9.53. The van der Waals surface area contributed by atoms with E-state index in [2.05, 4.69) is 10.3 Å². The highest BCUT2D eigenvalue weighted by atomic mass is 32.2. The second-order valence-electron chi connectivity index (χ2n) is 6.83. The maximum absolute atomic E-state index is 12.8. The average molecular weight is 447 g/mol. The van der Waals surface area contributed by atoms with Gasteiger partial charge in [0.2, 0.25) is 15.9 Å². The molecule has 0 radical (unpaired) electrons. The van der Waals surface area contributed by atoms with Gasteiger partial charge in [-0.2, -0.15) is 4.31 Å². The minimum absolute atomic E-state index is 0.154. The predicted molar refractivity (Wildman–Crippen MR) is 115 cm³/mol. The van der Waals surface area contributed by atoms with Crippen LogP contribution >= 0.6 is 11.8 Å². The van der Waals surface area contributed by atoms with Crippen LogP contribution in [0.4, 0.5) is 5.69 Å². The lowest BCUT2D eigenvalue weighted by Crippen LogP contribution is -2.40. The van der Waals surface area contributed by atoms with Gasteiger partial charge >= 0.3 is 0 Å². The van der Waals surface area contributed by atoms with Crippen LogP contribution < -0.4 is 5.32 Å². The van der Waals surface area contributed by atoms with Gasteiger partial charge in [0.1, 0.15) is 0 Å². The number of carbonyl (C=O) groups is 1. The van der Waals surface area contributed by atoms with Gasteiger partial charge in [-0.3, -0.25) is 9.20 Å². The fraction of sp³-hybridized carbons (Fsp3) is 0.300. The summed E-state index contributed by atoms with van der Waals surface area (Å²) < 4.78 is 34.2. The topological polar surface area (TPSA) is 93.0 Å². The minimum atomic E-state index is -3.62. The molecule has 1 fully saturated rings. The Bertz CT molecular complexity index is 1160. The van der Waals surface area contributed by atoms with Gasteiger partial charge in [-0.25, -0.2) is 13.4 Å². The number of amides is 1. The quantitative estimate of drug-likeness (QED) is 0.585. The molecule has 4 rings (SSSR count).